The molecule has 0 spiro atoms. The van der Waals surface area contributed by atoms with Gasteiger partial charge >= 0.3 is 12.5 Å². The van der Waals surface area contributed by atoms with Gasteiger partial charge in [0.25, 0.3) is 0 Å². The van der Waals surface area contributed by atoms with Crippen molar-refractivity contribution in [2.45, 2.75) is 65.7 Å². The van der Waals surface area contributed by atoms with Crippen LogP contribution in [0.3, 0.4) is 0 Å². The molecule has 2 aliphatic rings. The molecule has 0 amide bonds. The molecule has 0 radical (unpaired) electrons. The first kappa shape index (κ1) is 17.3. The molecule has 5 nitrogen and oxygen atoms in total. The summed E-state index contributed by atoms with van der Waals surface area (Å²) in [6, 6.07) is 0. The number of rotatable bonds is 4. The number of fused-ring (bicyclic) bond motifs is 1. The SMILES string of the molecule is Cc1nn(C(F)F)c(C)c1CC(=O)O[C@@H]1[C@@H]2CCCO[C@H]2C1(C)C. The summed E-state index contributed by atoms with van der Waals surface area (Å²) in [6.45, 7) is 5.32. The van der Waals surface area contributed by atoms with E-state index < -0.39 is 12.5 Å². The summed E-state index contributed by atoms with van der Waals surface area (Å²) in [5, 5.41) is 3.81. The second kappa shape index (κ2) is 6.10. The number of aromatic nitrogens is 2. The topological polar surface area (TPSA) is 53.4 Å². The van der Waals surface area contributed by atoms with Gasteiger partial charge in [-0.25, -0.2) is 4.68 Å². The van der Waals surface area contributed by atoms with Gasteiger partial charge in [0.15, 0.2) is 0 Å². The minimum atomic E-state index is -2.71. The Hall–Kier alpha value is -1.50. The lowest BCUT2D eigenvalue weighted by atomic mass is 9.57. The molecule has 2 fully saturated rings. The molecule has 3 atom stereocenters. The van der Waals surface area contributed by atoms with Crippen molar-refractivity contribution in [3.05, 3.63) is 17.0 Å². The van der Waals surface area contributed by atoms with Crippen LogP contribution in [0.4, 0.5) is 8.78 Å². The fraction of sp³-hybridized carbons (Fsp3) is 0.765. The third kappa shape index (κ3) is 2.72. The number of carbonyl (C=O) groups excluding carboxylic acids is 1. The van der Waals surface area contributed by atoms with E-state index >= 15 is 0 Å². The lowest BCUT2D eigenvalue weighted by molar-refractivity contribution is -0.254. The minimum absolute atomic E-state index is 0.0325. The molecule has 134 valence electrons. The third-order valence-electron chi connectivity index (χ3n) is 5.46. The van der Waals surface area contributed by atoms with Crippen LogP contribution in [0, 0.1) is 25.2 Å². The number of aryl methyl sites for hydroxylation is 1. The molecule has 0 N–H and O–H groups in total. The number of nitrogens with zero attached hydrogens (tertiary/aromatic N) is 2. The fourth-order valence-corrected chi connectivity index (χ4v) is 4.19. The maximum absolute atomic E-state index is 12.9. The van der Waals surface area contributed by atoms with Crippen LogP contribution in [0.1, 0.15) is 50.2 Å². The van der Waals surface area contributed by atoms with Gasteiger partial charge in [-0.2, -0.15) is 13.9 Å². The van der Waals surface area contributed by atoms with E-state index in [1.165, 1.54) is 0 Å². The van der Waals surface area contributed by atoms with Crippen LogP contribution in [-0.2, 0) is 20.7 Å². The Kier molecular flexibility index (Phi) is 4.40. The largest absolute Gasteiger partial charge is 0.461 e. The molecule has 7 heteroatoms. The van der Waals surface area contributed by atoms with Gasteiger partial charge in [0.05, 0.1) is 18.2 Å². The van der Waals surface area contributed by atoms with Crippen LogP contribution in [-0.4, -0.2) is 34.6 Å². The molecular weight excluding hydrogens is 318 g/mol. The number of carbonyl (C=O) groups is 1. The van der Waals surface area contributed by atoms with E-state index in [0.717, 1.165) is 19.4 Å². The van der Waals surface area contributed by atoms with E-state index in [0.29, 0.717) is 21.6 Å². The Labute approximate surface area is 140 Å². The minimum Gasteiger partial charge on any atom is -0.461 e. The molecule has 1 aliphatic heterocycles. The normalized spacial score (nSPS) is 28.4. The van der Waals surface area contributed by atoms with Crippen molar-refractivity contribution in [2.24, 2.45) is 11.3 Å². The lowest BCUT2D eigenvalue weighted by Crippen LogP contribution is -2.65. The summed E-state index contributed by atoms with van der Waals surface area (Å²) >= 11 is 0. The highest BCUT2D eigenvalue weighted by molar-refractivity contribution is 5.73. The average molecular weight is 342 g/mol. The molecule has 0 unspecified atom stereocenters. The van der Waals surface area contributed by atoms with Gasteiger partial charge in [0.1, 0.15) is 6.10 Å². The molecule has 1 aromatic rings. The maximum Gasteiger partial charge on any atom is 0.333 e. The average Bonchev–Trinajstić information content (AvgIpc) is 2.81. The van der Waals surface area contributed by atoms with E-state index in [1.807, 2.05) is 13.8 Å². The van der Waals surface area contributed by atoms with Crippen molar-refractivity contribution >= 4 is 5.97 Å². The summed E-state index contributed by atoms with van der Waals surface area (Å²) < 4.78 is 37.9. The van der Waals surface area contributed by atoms with Crippen molar-refractivity contribution in [3.63, 3.8) is 0 Å². The highest BCUT2D eigenvalue weighted by Gasteiger charge is 2.60. The number of alkyl halides is 2. The Morgan fingerprint density at radius 1 is 1.46 bits per heavy atom. The molecule has 0 aromatic carbocycles. The predicted molar refractivity (Wildman–Crippen MR) is 82.8 cm³/mol. The van der Waals surface area contributed by atoms with Crippen molar-refractivity contribution < 1.29 is 23.0 Å². The molecule has 0 bridgehead atoms. The Morgan fingerprint density at radius 2 is 2.17 bits per heavy atom. The molecule has 1 aromatic heterocycles. The standard InChI is InChI=1S/C17H24F2N2O3/c1-9-12(10(2)21(20-9)16(18)19)8-13(22)24-15-11-6-5-7-23-14(11)17(15,3)4/h11,14-16H,5-8H2,1-4H3/t11-,14-,15-/m1/s1. The summed E-state index contributed by atoms with van der Waals surface area (Å²) in [4.78, 5) is 12.4. The van der Waals surface area contributed by atoms with Crippen LogP contribution >= 0.6 is 0 Å². The first-order chi connectivity index (χ1) is 11.2. The fourth-order valence-electron chi connectivity index (χ4n) is 4.19. The van der Waals surface area contributed by atoms with Gasteiger partial charge < -0.3 is 9.47 Å². The third-order valence-corrected chi connectivity index (χ3v) is 5.46. The second-order valence-electron chi connectivity index (χ2n) is 7.38. The van der Waals surface area contributed by atoms with Crippen molar-refractivity contribution in [2.75, 3.05) is 6.61 Å². The van der Waals surface area contributed by atoms with E-state index in [9.17, 15) is 13.6 Å². The first-order valence-corrected chi connectivity index (χ1v) is 8.37. The lowest BCUT2D eigenvalue weighted by Gasteiger charge is -2.58. The molecule has 1 saturated carbocycles. The smallest absolute Gasteiger partial charge is 0.333 e. The molecule has 1 saturated heterocycles. The monoisotopic (exact) mass is 342 g/mol. The molecular formula is C17H24F2N2O3. The Bertz CT molecular complexity index is 642. The summed E-state index contributed by atoms with van der Waals surface area (Å²) in [7, 11) is 0. The van der Waals surface area contributed by atoms with Crippen molar-refractivity contribution in [1.82, 2.24) is 9.78 Å². The first-order valence-electron chi connectivity index (χ1n) is 8.37. The van der Waals surface area contributed by atoms with Gasteiger partial charge in [-0.15, -0.1) is 0 Å². The van der Waals surface area contributed by atoms with E-state index in [4.69, 9.17) is 9.47 Å². The zero-order valence-electron chi connectivity index (χ0n) is 14.5. The number of ether oxygens (including phenoxy) is 2. The van der Waals surface area contributed by atoms with Crippen LogP contribution in [0.15, 0.2) is 0 Å². The number of hydrogen-bond acceptors (Lipinski definition) is 4. The van der Waals surface area contributed by atoms with Crippen LogP contribution in [0.25, 0.3) is 0 Å². The highest BCUT2D eigenvalue weighted by Crippen LogP contribution is 2.53. The summed E-state index contributed by atoms with van der Waals surface area (Å²) in [5.74, 6) is -0.152. The number of hydrogen-bond donors (Lipinski definition) is 0. The molecule has 3 rings (SSSR count). The predicted octanol–water partition coefficient (Wildman–Crippen LogP) is 3.18. The van der Waals surface area contributed by atoms with Gasteiger partial charge in [-0.05, 0) is 26.7 Å². The van der Waals surface area contributed by atoms with Gasteiger partial charge in [-0.3, -0.25) is 4.79 Å². The molecule has 24 heavy (non-hydrogen) atoms. The number of halogens is 2. The molecule has 2 heterocycles. The van der Waals surface area contributed by atoms with E-state index in [2.05, 4.69) is 5.10 Å². The van der Waals surface area contributed by atoms with Gasteiger partial charge in [-0.1, -0.05) is 13.8 Å². The van der Waals surface area contributed by atoms with Crippen molar-refractivity contribution in [1.29, 1.82) is 0 Å². The Balaban J connectivity index is 1.68. The summed E-state index contributed by atoms with van der Waals surface area (Å²) in [6.07, 6.45) is 1.89. The summed E-state index contributed by atoms with van der Waals surface area (Å²) in [5.41, 5.74) is 1.06. The van der Waals surface area contributed by atoms with Crippen LogP contribution < -0.4 is 0 Å². The zero-order chi connectivity index (χ0) is 17.6. The number of esters is 1. The quantitative estimate of drug-likeness (QED) is 0.789. The van der Waals surface area contributed by atoms with E-state index in [-0.39, 0.29) is 30.0 Å². The van der Waals surface area contributed by atoms with E-state index in [1.54, 1.807) is 13.8 Å². The zero-order valence-corrected chi connectivity index (χ0v) is 14.5. The van der Waals surface area contributed by atoms with Crippen LogP contribution in [0.2, 0.25) is 0 Å². The highest BCUT2D eigenvalue weighted by atomic mass is 19.3. The van der Waals surface area contributed by atoms with Gasteiger partial charge in [0.2, 0.25) is 0 Å². The maximum atomic E-state index is 12.9. The van der Waals surface area contributed by atoms with Crippen molar-refractivity contribution in [3.8, 4) is 0 Å². The molecule has 1 aliphatic carbocycles. The van der Waals surface area contributed by atoms with Crippen LogP contribution in [0.5, 0.6) is 0 Å². The Morgan fingerprint density at radius 3 is 2.79 bits per heavy atom. The second-order valence-corrected chi connectivity index (χ2v) is 7.38. The van der Waals surface area contributed by atoms with Gasteiger partial charge in [0, 0.05) is 29.2 Å².